The maximum absolute atomic E-state index is 13.1. The fraction of sp³-hybridized carbons (Fsp3) is 0.444. The zero-order valence-corrected chi connectivity index (χ0v) is 23.4. The molecule has 1 aromatic heterocycles. The maximum atomic E-state index is 13.1. The van der Waals surface area contributed by atoms with E-state index in [4.69, 9.17) is 4.74 Å². The van der Waals surface area contributed by atoms with Crippen LogP contribution < -0.4 is 14.8 Å². The second-order valence-electron chi connectivity index (χ2n) is 10.0. The van der Waals surface area contributed by atoms with Crippen molar-refractivity contribution in [3.05, 3.63) is 63.7 Å². The molecular weight excluding hydrogens is 565 g/mol. The summed E-state index contributed by atoms with van der Waals surface area (Å²) in [5.74, 6) is -0.383. The van der Waals surface area contributed by atoms with Crippen molar-refractivity contribution < 1.29 is 31.1 Å². The fourth-order valence-corrected chi connectivity index (χ4v) is 7.44. The number of hydrogen-bond donors (Lipinski definition) is 2. The average Bonchev–Trinajstić information content (AvgIpc) is 3.54. The number of sulfonamides is 1. The van der Waals surface area contributed by atoms with E-state index in [1.54, 1.807) is 19.1 Å². The first-order valence-corrected chi connectivity index (χ1v) is 15.5. The van der Waals surface area contributed by atoms with Gasteiger partial charge in [-0.25, -0.2) is 8.42 Å². The van der Waals surface area contributed by atoms with E-state index in [-0.39, 0.29) is 34.0 Å². The summed E-state index contributed by atoms with van der Waals surface area (Å²) in [7, 11) is -3.90. The molecule has 40 heavy (non-hydrogen) atoms. The van der Waals surface area contributed by atoms with Crippen LogP contribution in [0.25, 0.3) is 0 Å². The molecule has 2 aliphatic carbocycles. The molecule has 1 atom stereocenters. The Morgan fingerprint density at radius 3 is 2.52 bits per heavy atom. The summed E-state index contributed by atoms with van der Waals surface area (Å²) >= 11 is 1.27. The maximum Gasteiger partial charge on any atom is 0.416 e. The molecule has 2 aliphatic rings. The molecule has 1 amide bonds. The molecule has 1 fully saturated rings. The molecule has 1 saturated carbocycles. The molecule has 1 heterocycles. The normalized spacial score (nSPS) is 17.9. The number of aromatic nitrogens is 2. The molecule has 13 heteroatoms. The van der Waals surface area contributed by atoms with Crippen LogP contribution in [0.15, 0.2) is 41.3 Å². The second kappa shape index (κ2) is 11.4. The van der Waals surface area contributed by atoms with Crippen molar-refractivity contribution in [1.29, 1.82) is 0 Å². The summed E-state index contributed by atoms with van der Waals surface area (Å²) in [6.07, 6.45) is 1.83. The van der Waals surface area contributed by atoms with Crippen molar-refractivity contribution in [1.82, 2.24) is 15.5 Å². The quantitative estimate of drug-likeness (QED) is 0.346. The van der Waals surface area contributed by atoms with Gasteiger partial charge in [0, 0.05) is 12.0 Å². The molecule has 1 unspecified atom stereocenters. The molecule has 0 aliphatic heterocycles. The molecule has 8 nitrogen and oxygen atoms in total. The van der Waals surface area contributed by atoms with Gasteiger partial charge in [-0.1, -0.05) is 36.7 Å². The van der Waals surface area contributed by atoms with Gasteiger partial charge in [0.15, 0.2) is 0 Å². The minimum Gasteiger partial charge on any atom is -0.493 e. The van der Waals surface area contributed by atoms with Crippen LogP contribution in [0.4, 0.5) is 18.3 Å². The first-order chi connectivity index (χ1) is 19.0. The Morgan fingerprint density at radius 2 is 1.80 bits per heavy atom. The van der Waals surface area contributed by atoms with Crippen LogP contribution in [0.2, 0.25) is 0 Å². The van der Waals surface area contributed by atoms with Crippen LogP contribution in [-0.4, -0.2) is 37.2 Å². The monoisotopic (exact) mass is 594 g/mol. The highest BCUT2D eigenvalue weighted by Crippen LogP contribution is 2.36. The first kappa shape index (κ1) is 28.3. The summed E-state index contributed by atoms with van der Waals surface area (Å²) in [6, 6.07) is 7.23. The summed E-state index contributed by atoms with van der Waals surface area (Å²) in [5, 5.41) is 12.2. The largest absolute Gasteiger partial charge is 0.493 e. The third kappa shape index (κ3) is 6.25. The molecule has 0 bridgehead atoms. The van der Waals surface area contributed by atoms with Crippen molar-refractivity contribution in [2.45, 2.75) is 74.9 Å². The van der Waals surface area contributed by atoms with Crippen LogP contribution >= 0.6 is 11.3 Å². The molecule has 2 aromatic carbocycles. The summed E-state index contributed by atoms with van der Waals surface area (Å²) in [5.41, 5.74) is 0.757. The number of ether oxygens (including phenoxy) is 1. The van der Waals surface area contributed by atoms with Crippen molar-refractivity contribution in [2.24, 2.45) is 0 Å². The van der Waals surface area contributed by atoms with Gasteiger partial charge in [-0.15, -0.1) is 10.2 Å². The lowest BCUT2D eigenvalue weighted by molar-refractivity contribution is -0.137. The zero-order chi connectivity index (χ0) is 28.5. The minimum absolute atomic E-state index is 0.00271. The Hall–Kier alpha value is -3.19. The number of rotatable bonds is 8. The number of amides is 1. The van der Waals surface area contributed by atoms with Crippen molar-refractivity contribution in [3.63, 3.8) is 0 Å². The van der Waals surface area contributed by atoms with Crippen LogP contribution in [0.5, 0.6) is 5.75 Å². The van der Waals surface area contributed by atoms with E-state index < -0.39 is 27.7 Å². The Kier molecular flexibility index (Phi) is 8.05. The minimum atomic E-state index is -4.56. The van der Waals surface area contributed by atoms with E-state index in [9.17, 15) is 26.4 Å². The van der Waals surface area contributed by atoms with Crippen LogP contribution in [0.3, 0.4) is 0 Å². The highest BCUT2D eigenvalue weighted by atomic mass is 32.2. The van der Waals surface area contributed by atoms with E-state index in [1.165, 1.54) is 23.8 Å². The second-order valence-corrected chi connectivity index (χ2v) is 12.7. The summed E-state index contributed by atoms with van der Waals surface area (Å²) in [4.78, 5) is 13.0. The summed E-state index contributed by atoms with van der Waals surface area (Å²) < 4.78 is 73.4. The lowest BCUT2D eigenvalue weighted by atomic mass is 9.90. The fourth-order valence-electron chi connectivity index (χ4n) is 5.25. The Bertz CT molecular complexity index is 1500. The van der Waals surface area contributed by atoms with E-state index >= 15 is 0 Å². The van der Waals surface area contributed by atoms with Gasteiger partial charge in [0.25, 0.3) is 15.9 Å². The molecule has 0 saturated heterocycles. The lowest BCUT2D eigenvalue weighted by Gasteiger charge is -2.18. The van der Waals surface area contributed by atoms with Gasteiger partial charge in [0.05, 0.1) is 22.6 Å². The Labute approximate surface area is 234 Å². The van der Waals surface area contributed by atoms with Crippen LogP contribution in [-0.2, 0) is 29.0 Å². The summed E-state index contributed by atoms with van der Waals surface area (Å²) in [6.45, 7) is 1.72. The smallest absolute Gasteiger partial charge is 0.416 e. The molecule has 214 valence electrons. The SMILES string of the molecule is CCOc1cc(C(F)(F)F)ccc1C(=O)NC1Cc2ccc(S(=O)(=O)Nc3nnc(C4CCCCC4)s3)cc2C1. The number of benzene rings is 2. The number of nitrogens with zero attached hydrogens (tertiary/aromatic N) is 2. The van der Waals surface area contributed by atoms with Gasteiger partial charge < -0.3 is 10.1 Å². The molecule has 0 radical (unpaired) electrons. The first-order valence-electron chi connectivity index (χ1n) is 13.2. The third-order valence-corrected chi connectivity index (χ3v) is 9.69. The average molecular weight is 595 g/mol. The van der Waals surface area contributed by atoms with Crippen molar-refractivity contribution in [2.75, 3.05) is 11.3 Å². The van der Waals surface area contributed by atoms with Gasteiger partial charge in [-0.2, -0.15) is 13.2 Å². The highest BCUT2D eigenvalue weighted by Gasteiger charge is 2.33. The van der Waals surface area contributed by atoms with Crippen LogP contribution in [0.1, 0.15) is 77.0 Å². The number of anilines is 1. The zero-order valence-electron chi connectivity index (χ0n) is 21.8. The molecule has 5 rings (SSSR count). The van der Waals surface area contributed by atoms with E-state index in [0.717, 1.165) is 60.0 Å². The van der Waals surface area contributed by atoms with Crippen molar-refractivity contribution >= 4 is 32.4 Å². The van der Waals surface area contributed by atoms with Gasteiger partial charge >= 0.3 is 6.18 Å². The van der Waals surface area contributed by atoms with E-state index in [1.807, 2.05) is 0 Å². The molecule has 0 spiro atoms. The number of carbonyl (C=O) groups excluding carboxylic acids is 1. The number of hydrogen-bond acceptors (Lipinski definition) is 7. The Balaban J connectivity index is 1.26. The Morgan fingerprint density at radius 1 is 1.05 bits per heavy atom. The van der Waals surface area contributed by atoms with E-state index in [2.05, 4.69) is 20.2 Å². The number of carbonyl (C=O) groups is 1. The van der Waals surface area contributed by atoms with Crippen molar-refractivity contribution in [3.8, 4) is 5.75 Å². The van der Waals surface area contributed by atoms with Gasteiger partial charge in [0.1, 0.15) is 10.8 Å². The van der Waals surface area contributed by atoms with E-state index in [0.29, 0.717) is 18.8 Å². The van der Waals surface area contributed by atoms with Gasteiger partial charge in [0.2, 0.25) is 5.13 Å². The van der Waals surface area contributed by atoms with Crippen LogP contribution in [0, 0.1) is 0 Å². The molecule has 2 N–H and O–H groups in total. The lowest BCUT2D eigenvalue weighted by Crippen LogP contribution is -2.35. The van der Waals surface area contributed by atoms with Gasteiger partial charge in [-0.05, 0) is 74.1 Å². The number of fused-ring (bicyclic) bond motifs is 1. The number of halogens is 3. The highest BCUT2D eigenvalue weighted by molar-refractivity contribution is 7.93. The van der Waals surface area contributed by atoms with Gasteiger partial charge in [-0.3, -0.25) is 9.52 Å². The third-order valence-electron chi connectivity index (χ3n) is 7.23. The molecular formula is C27H29F3N4O4S2. The predicted octanol–water partition coefficient (Wildman–Crippen LogP) is 5.70. The number of alkyl halides is 3. The number of nitrogens with one attached hydrogen (secondary N) is 2. The standard InChI is InChI=1S/C27H29F3N4O4S2/c1-2-38-23-15-19(27(28,29)30)9-11-22(23)24(35)31-20-12-17-8-10-21(14-18(17)13-20)40(36,37)34-26-33-32-25(39-26)16-6-4-3-5-7-16/h8-11,14-16,20H,2-7,12-13H2,1H3,(H,31,35)(H,33,34). The molecule has 3 aromatic rings. The predicted molar refractivity (Wildman–Crippen MR) is 144 cm³/mol. The topological polar surface area (TPSA) is 110 Å².